The fourth-order valence-electron chi connectivity index (χ4n) is 1.49. The minimum absolute atomic E-state index is 0.0593. The van der Waals surface area contributed by atoms with Crippen LogP contribution >= 0.6 is 0 Å². The molecule has 102 valence electrons. The highest BCUT2D eigenvalue weighted by atomic mass is 16.5. The van der Waals surface area contributed by atoms with Crippen molar-refractivity contribution in [1.82, 2.24) is 0 Å². The molecule has 0 saturated carbocycles. The van der Waals surface area contributed by atoms with Crippen molar-refractivity contribution in [1.29, 1.82) is 10.5 Å². The van der Waals surface area contributed by atoms with E-state index in [0.29, 0.717) is 17.8 Å². The van der Waals surface area contributed by atoms with E-state index in [0.717, 1.165) is 5.69 Å². The molecule has 0 aliphatic rings. The van der Waals surface area contributed by atoms with E-state index in [1.165, 1.54) is 13.3 Å². The van der Waals surface area contributed by atoms with Crippen LogP contribution in [-0.4, -0.2) is 19.6 Å². The minimum atomic E-state index is -0.458. The van der Waals surface area contributed by atoms with E-state index >= 15 is 0 Å². The molecule has 0 unspecified atom stereocenters. The molecule has 0 saturated heterocycles. The molecular weight excluding hydrogens is 256 g/mol. The first-order chi connectivity index (χ1) is 9.65. The molecule has 0 amide bonds. The Morgan fingerprint density at radius 1 is 1.35 bits per heavy atom. The second kappa shape index (κ2) is 7.45. The van der Waals surface area contributed by atoms with Crippen molar-refractivity contribution in [2.45, 2.75) is 6.92 Å². The summed E-state index contributed by atoms with van der Waals surface area (Å²) in [5.74, 6) is -0.458. The summed E-state index contributed by atoms with van der Waals surface area (Å²) >= 11 is 0. The number of hydrogen-bond donors (Lipinski definition) is 2. The lowest BCUT2D eigenvalue weighted by atomic mass is 10.1. The van der Waals surface area contributed by atoms with E-state index in [9.17, 15) is 4.79 Å². The largest absolute Gasteiger partial charge is 0.465 e. The predicted octanol–water partition coefficient (Wildman–Crippen LogP) is 2.25. The quantitative estimate of drug-likeness (QED) is 0.629. The van der Waals surface area contributed by atoms with Gasteiger partial charge in [-0.25, -0.2) is 4.79 Å². The zero-order chi connectivity index (χ0) is 15.0. The number of benzene rings is 1. The number of methoxy groups -OCH3 is 1. The second-order valence-corrected chi connectivity index (χ2v) is 3.71. The number of nitriles is 2. The lowest BCUT2D eigenvalue weighted by Crippen LogP contribution is -2.05. The molecule has 0 atom stereocenters. The summed E-state index contributed by atoms with van der Waals surface area (Å²) in [7, 11) is 1.30. The van der Waals surface area contributed by atoms with Gasteiger partial charge in [0.25, 0.3) is 0 Å². The summed E-state index contributed by atoms with van der Waals surface area (Å²) < 4.78 is 4.65. The molecule has 6 nitrogen and oxygen atoms in total. The first-order valence-corrected chi connectivity index (χ1v) is 5.89. The van der Waals surface area contributed by atoms with Crippen molar-refractivity contribution < 1.29 is 9.53 Å². The summed E-state index contributed by atoms with van der Waals surface area (Å²) in [6, 6.07) is 8.44. The van der Waals surface area contributed by atoms with Crippen LogP contribution in [0.25, 0.3) is 0 Å². The summed E-state index contributed by atoms with van der Waals surface area (Å²) in [4.78, 5) is 11.5. The van der Waals surface area contributed by atoms with Gasteiger partial charge in [-0.1, -0.05) is 0 Å². The van der Waals surface area contributed by atoms with E-state index in [1.54, 1.807) is 30.3 Å². The highest BCUT2D eigenvalue weighted by molar-refractivity contribution is 5.92. The third-order valence-electron chi connectivity index (χ3n) is 2.42. The second-order valence-electron chi connectivity index (χ2n) is 3.71. The fourth-order valence-corrected chi connectivity index (χ4v) is 1.49. The molecule has 20 heavy (non-hydrogen) atoms. The molecule has 2 N–H and O–H groups in total. The van der Waals surface area contributed by atoms with Gasteiger partial charge < -0.3 is 15.4 Å². The number of carbonyl (C=O) groups is 1. The average Bonchev–Trinajstić information content (AvgIpc) is 2.49. The Morgan fingerprint density at radius 2 is 2.05 bits per heavy atom. The molecule has 1 rings (SSSR count). The molecular formula is C14H14N4O2. The molecule has 1 aromatic carbocycles. The Labute approximate surface area is 117 Å². The van der Waals surface area contributed by atoms with Gasteiger partial charge in [-0.05, 0) is 25.1 Å². The topological polar surface area (TPSA) is 97.9 Å². The molecule has 0 aliphatic heterocycles. The van der Waals surface area contributed by atoms with Crippen LogP contribution in [0.5, 0.6) is 0 Å². The van der Waals surface area contributed by atoms with Gasteiger partial charge in [-0.3, -0.25) is 0 Å². The number of esters is 1. The van der Waals surface area contributed by atoms with Crippen LogP contribution in [0, 0.1) is 22.7 Å². The van der Waals surface area contributed by atoms with Gasteiger partial charge in [0.2, 0.25) is 0 Å². The summed E-state index contributed by atoms with van der Waals surface area (Å²) in [5.41, 5.74) is 1.65. The van der Waals surface area contributed by atoms with Crippen molar-refractivity contribution in [2.75, 3.05) is 24.3 Å². The van der Waals surface area contributed by atoms with Crippen LogP contribution in [0.1, 0.15) is 17.3 Å². The van der Waals surface area contributed by atoms with Crippen molar-refractivity contribution >= 4 is 17.3 Å². The molecule has 0 aliphatic carbocycles. The number of nitrogens with zero attached hydrogens (tertiary/aromatic N) is 2. The zero-order valence-corrected chi connectivity index (χ0v) is 11.2. The van der Waals surface area contributed by atoms with Crippen molar-refractivity contribution in [3.8, 4) is 12.1 Å². The van der Waals surface area contributed by atoms with Crippen LogP contribution in [0.4, 0.5) is 11.4 Å². The maximum absolute atomic E-state index is 11.5. The third-order valence-corrected chi connectivity index (χ3v) is 2.42. The van der Waals surface area contributed by atoms with Gasteiger partial charge in [0.15, 0.2) is 0 Å². The molecule has 0 spiro atoms. The number of allylic oxidation sites excluding steroid dienone is 1. The summed E-state index contributed by atoms with van der Waals surface area (Å²) in [6.45, 7) is 2.63. The van der Waals surface area contributed by atoms with Gasteiger partial charge in [0.1, 0.15) is 17.7 Å². The Bertz CT molecular complexity index is 593. The number of ether oxygens (including phenoxy) is 1. The zero-order valence-electron chi connectivity index (χ0n) is 11.2. The van der Waals surface area contributed by atoms with E-state index in [2.05, 4.69) is 15.4 Å². The van der Waals surface area contributed by atoms with E-state index in [-0.39, 0.29) is 5.57 Å². The Hall–Kier alpha value is -2.99. The highest BCUT2D eigenvalue weighted by Crippen LogP contribution is 2.24. The minimum Gasteiger partial charge on any atom is -0.465 e. The number of carbonyl (C=O) groups excluding carboxylic acids is 1. The van der Waals surface area contributed by atoms with Crippen LogP contribution in [0.2, 0.25) is 0 Å². The lowest BCUT2D eigenvalue weighted by Gasteiger charge is -2.12. The molecule has 0 aromatic heterocycles. The molecule has 0 fully saturated rings. The third kappa shape index (κ3) is 3.76. The SMILES string of the molecule is CCNc1ccc(C(=O)OC)cc1NC=C(C#N)C#N. The Kier molecular flexibility index (Phi) is 5.61. The fraction of sp³-hybridized carbons (Fsp3) is 0.214. The van der Waals surface area contributed by atoms with Crippen molar-refractivity contribution in [2.24, 2.45) is 0 Å². The van der Waals surface area contributed by atoms with Crippen LogP contribution < -0.4 is 10.6 Å². The number of anilines is 2. The van der Waals surface area contributed by atoms with Gasteiger partial charge in [-0.15, -0.1) is 0 Å². The van der Waals surface area contributed by atoms with Crippen LogP contribution in [-0.2, 0) is 4.74 Å². The standard InChI is InChI=1S/C14H14N4O2/c1-3-17-12-5-4-11(14(19)20-2)6-13(12)18-9-10(7-15)8-16/h4-6,9,17-18H,3H2,1-2H3. The lowest BCUT2D eigenvalue weighted by molar-refractivity contribution is 0.0601. The van der Waals surface area contributed by atoms with Gasteiger partial charge in [0.05, 0.1) is 24.0 Å². The smallest absolute Gasteiger partial charge is 0.337 e. The first-order valence-electron chi connectivity index (χ1n) is 5.89. The maximum atomic E-state index is 11.5. The predicted molar refractivity (Wildman–Crippen MR) is 74.9 cm³/mol. The molecule has 0 radical (unpaired) electrons. The van der Waals surface area contributed by atoms with Gasteiger partial charge >= 0.3 is 5.97 Å². The average molecular weight is 270 g/mol. The Balaban J connectivity index is 3.13. The number of nitrogens with one attached hydrogen (secondary N) is 2. The van der Waals surface area contributed by atoms with E-state index in [1.807, 2.05) is 6.92 Å². The maximum Gasteiger partial charge on any atom is 0.337 e. The number of rotatable bonds is 5. The summed E-state index contributed by atoms with van der Waals surface area (Å²) in [6.07, 6.45) is 1.29. The molecule has 0 heterocycles. The van der Waals surface area contributed by atoms with Crippen LogP contribution in [0.3, 0.4) is 0 Å². The van der Waals surface area contributed by atoms with E-state index < -0.39 is 5.97 Å². The monoisotopic (exact) mass is 270 g/mol. The number of hydrogen-bond acceptors (Lipinski definition) is 6. The van der Waals surface area contributed by atoms with Gasteiger partial charge in [0, 0.05) is 12.7 Å². The summed E-state index contributed by atoms with van der Waals surface area (Å²) in [5, 5.41) is 23.3. The van der Waals surface area contributed by atoms with Crippen molar-refractivity contribution in [3.63, 3.8) is 0 Å². The van der Waals surface area contributed by atoms with Gasteiger partial charge in [-0.2, -0.15) is 10.5 Å². The van der Waals surface area contributed by atoms with Crippen LogP contribution in [0.15, 0.2) is 30.0 Å². The van der Waals surface area contributed by atoms with Crippen molar-refractivity contribution in [3.05, 3.63) is 35.5 Å². The normalized spacial score (nSPS) is 8.80. The van der Waals surface area contributed by atoms with E-state index in [4.69, 9.17) is 10.5 Å². The molecule has 0 bridgehead atoms. The first kappa shape index (κ1) is 15.1. The molecule has 6 heteroatoms. The highest BCUT2D eigenvalue weighted by Gasteiger charge is 2.09. The molecule has 1 aromatic rings. The Morgan fingerprint density at radius 3 is 2.60 bits per heavy atom.